The maximum atomic E-state index is 11.1. The van der Waals surface area contributed by atoms with Gasteiger partial charge in [-0.15, -0.1) is 0 Å². The van der Waals surface area contributed by atoms with Crippen molar-refractivity contribution in [2.45, 2.75) is 0 Å². The van der Waals surface area contributed by atoms with Gasteiger partial charge in [0.15, 0.2) is 0 Å². The summed E-state index contributed by atoms with van der Waals surface area (Å²) in [5.74, 6) is -0.334. The third-order valence-corrected chi connectivity index (χ3v) is 2.50. The minimum atomic E-state index is -1.05. The molecule has 0 spiro atoms. The summed E-state index contributed by atoms with van der Waals surface area (Å²) in [5, 5.41) is 9.07. The molecule has 0 radical (unpaired) electrons. The third-order valence-electron chi connectivity index (χ3n) is 2.50. The van der Waals surface area contributed by atoms with Crippen LogP contribution in [0, 0.1) is 0 Å². The van der Waals surface area contributed by atoms with Crippen LogP contribution in [-0.4, -0.2) is 23.2 Å². The van der Waals surface area contributed by atoms with E-state index in [-0.39, 0.29) is 11.3 Å². The van der Waals surface area contributed by atoms with Crippen LogP contribution in [0.3, 0.4) is 0 Å². The summed E-state index contributed by atoms with van der Waals surface area (Å²) in [5.41, 5.74) is 7.16. The van der Waals surface area contributed by atoms with E-state index in [1.165, 1.54) is 6.20 Å². The molecule has 0 bridgehead atoms. The largest absolute Gasteiger partial charge is 0.497 e. The van der Waals surface area contributed by atoms with Gasteiger partial charge >= 0.3 is 5.97 Å². The molecule has 4 N–H and O–H groups in total. The van der Waals surface area contributed by atoms with E-state index < -0.39 is 5.97 Å². The van der Waals surface area contributed by atoms with E-state index in [1.807, 2.05) is 0 Å². The Morgan fingerprint density at radius 1 is 1.35 bits per heavy atom. The second-order valence-electron chi connectivity index (χ2n) is 3.53. The van der Waals surface area contributed by atoms with Crippen LogP contribution < -0.4 is 10.5 Å². The molecular formula is C12H12N2O3. The lowest BCUT2D eigenvalue weighted by Gasteiger charge is -2.03. The Bertz CT molecular complexity index is 543. The van der Waals surface area contributed by atoms with Gasteiger partial charge in [-0.25, -0.2) is 4.79 Å². The van der Waals surface area contributed by atoms with Crippen molar-refractivity contribution < 1.29 is 14.6 Å². The molecule has 0 aliphatic carbocycles. The van der Waals surface area contributed by atoms with Crippen LogP contribution in [0.5, 0.6) is 5.75 Å². The fourth-order valence-electron chi connectivity index (χ4n) is 1.65. The van der Waals surface area contributed by atoms with Crippen molar-refractivity contribution in [3.8, 4) is 17.0 Å². The van der Waals surface area contributed by atoms with E-state index in [4.69, 9.17) is 15.6 Å². The summed E-state index contributed by atoms with van der Waals surface area (Å²) in [6.45, 7) is 0. The SMILES string of the molecule is COc1ccc(-c2[nH]cc(N)c2C(=O)O)cc1. The highest BCUT2D eigenvalue weighted by atomic mass is 16.5. The minimum absolute atomic E-state index is 0.0927. The number of methoxy groups -OCH3 is 1. The summed E-state index contributed by atoms with van der Waals surface area (Å²) in [6, 6.07) is 7.07. The van der Waals surface area contributed by atoms with Crippen molar-refractivity contribution in [1.82, 2.24) is 4.98 Å². The maximum absolute atomic E-state index is 11.1. The first-order valence-corrected chi connectivity index (χ1v) is 4.98. The number of nitrogens with two attached hydrogens (primary N) is 1. The Balaban J connectivity index is 2.49. The number of benzene rings is 1. The van der Waals surface area contributed by atoms with Crippen LogP contribution in [0.1, 0.15) is 10.4 Å². The lowest BCUT2D eigenvalue weighted by Crippen LogP contribution is -2.01. The predicted molar refractivity (Wildman–Crippen MR) is 64.2 cm³/mol. The monoisotopic (exact) mass is 232 g/mol. The van der Waals surface area contributed by atoms with Gasteiger partial charge in [-0.1, -0.05) is 0 Å². The van der Waals surface area contributed by atoms with E-state index in [2.05, 4.69) is 4.98 Å². The van der Waals surface area contributed by atoms with Gasteiger partial charge in [0.1, 0.15) is 11.3 Å². The summed E-state index contributed by atoms with van der Waals surface area (Å²) in [6.07, 6.45) is 1.48. The van der Waals surface area contributed by atoms with Gasteiger partial charge < -0.3 is 20.6 Å². The fourth-order valence-corrected chi connectivity index (χ4v) is 1.65. The second-order valence-corrected chi connectivity index (χ2v) is 3.53. The number of anilines is 1. The number of carboxylic acids is 1. The van der Waals surface area contributed by atoms with Crippen LogP contribution in [0.2, 0.25) is 0 Å². The maximum Gasteiger partial charge on any atom is 0.340 e. The molecule has 0 amide bonds. The average Bonchev–Trinajstić information content (AvgIpc) is 2.71. The molecule has 1 aromatic heterocycles. The molecule has 1 heterocycles. The number of ether oxygens (including phenoxy) is 1. The van der Waals surface area contributed by atoms with Crippen LogP contribution in [0.15, 0.2) is 30.5 Å². The molecule has 2 rings (SSSR count). The molecular weight excluding hydrogens is 220 g/mol. The number of aromatic amines is 1. The Hall–Kier alpha value is -2.43. The predicted octanol–water partition coefficient (Wildman–Crippen LogP) is 1.97. The van der Waals surface area contributed by atoms with Gasteiger partial charge in [-0.05, 0) is 29.8 Å². The number of hydrogen-bond acceptors (Lipinski definition) is 3. The van der Waals surface area contributed by atoms with Gasteiger partial charge in [0.2, 0.25) is 0 Å². The van der Waals surface area contributed by atoms with Gasteiger partial charge in [-0.3, -0.25) is 0 Å². The standard InChI is InChI=1S/C12H12N2O3/c1-17-8-4-2-7(3-5-8)11-10(12(15)16)9(13)6-14-11/h2-6,14H,13H2,1H3,(H,15,16). The van der Waals surface area contributed by atoms with Crippen LogP contribution in [0.25, 0.3) is 11.3 Å². The van der Waals surface area contributed by atoms with E-state index in [9.17, 15) is 4.79 Å². The highest BCUT2D eigenvalue weighted by Crippen LogP contribution is 2.28. The first-order chi connectivity index (χ1) is 8.13. The first kappa shape index (κ1) is 11.1. The summed E-state index contributed by atoms with van der Waals surface area (Å²) < 4.78 is 5.04. The number of nitrogens with one attached hydrogen (secondary N) is 1. The van der Waals surface area contributed by atoms with E-state index in [0.29, 0.717) is 11.4 Å². The topological polar surface area (TPSA) is 88.3 Å². The molecule has 5 nitrogen and oxygen atoms in total. The number of rotatable bonds is 3. The summed E-state index contributed by atoms with van der Waals surface area (Å²) >= 11 is 0. The van der Waals surface area contributed by atoms with Gasteiger partial charge in [-0.2, -0.15) is 0 Å². The molecule has 2 aromatic rings. The lowest BCUT2D eigenvalue weighted by atomic mass is 10.1. The van der Waals surface area contributed by atoms with E-state index >= 15 is 0 Å². The highest BCUT2D eigenvalue weighted by Gasteiger charge is 2.17. The van der Waals surface area contributed by atoms with Crippen LogP contribution >= 0.6 is 0 Å². The van der Waals surface area contributed by atoms with Crippen LogP contribution in [-0.2, 0) is 0 Å². The summed E-state index contributed by atoms with van der Waals surface area (Å²) in [4.78, 5) is 13.9. The Labute approximate surface area is 97.8 Å². The summed E-state index contributed by atoms with van der Waals surface area (Å²) in [7, 11) is 1.57. The molecule has 1 aromatic carbocycles. The molecule has 0 atom stereocenters. The number of aromatic nitrogens is 1. The van der Waals surface area contributed by atoms with Crippen molar-refractivity contribution in [2.24, 2.45) is 0 Å². The molecule has 0 aliphatic rings. The number of hydrogen-bond donors (Lipinski definition) is 3. The molecule has 0 unspecified atom stereocenters. The van der Waals surface area contributed by atoms with E-state index in [1.54, 1.807) is 31.4 Å². The van der Waals surface area contributed by atoms with Crippen molar-refractivity contribution >= 4 is 11.7 Å². The second kappa shape index (κ2) is 4.21. The molecule has 88 valence electrons. The van der Waals surface area contributed by atoms with E-state index in [0.717, 1.165) is 5.56 Å². The Morgan fingerprint density at radius 2 is 2.00 bits per heavy atom. The minimum Gasteiger partial charge on any atom is -0.497 e. The molecule has 0 saturated carbocycles. The molecule has 5 heteroatoms. The van der Waals surface area contributed by atoms with Crippen molar-refractivity contribution in [2.75, 3.05) is 12.8 Å². The number of nitrogen functional groups attached to an aromatic ring is 1. The van der Waals surface area contributed by atoms with Crippen LogP contribution in [0.4, 0.5) is 5.69 Å². The lowest BCUT2D eigenvalue weighted by molar-refractivity contribution is 0.0699. The first-order valence-electron chi connectivity index (χ1n) is 4.98. The molecule has 17 heavy (non-hydrogen) atoms. The number of carboxylic acid groups (broad SMARTS) is 1. The van der Waals surface area contributed by atoms with Crippen molar-refractivity contribution in [1.29, 1.82) is 0 Å². The zero-order valence-corrected chi connectivity index (χ0v) is 9.23. The number of H-pyrrole nitrogens is 1. The molecule has 0 fully saturated rings. The normalized spacial score (nSPS) is 10.2. The highest BCUT2D eigenvalue weighted by molar-refractivity contribution is 6.00. The van der Waals surface area contributed by atoms with Gasteiger partial charge in [0.05, 0.1) is 18.5 Å². The fraction of sp³-hybridized carbons (Fsp3) is 0.0833. The van der Waals surface area contributed by atoms with Crippen molar-refractivity contribution in [3.05, 3.63) is 36.0 Å². The molecule has 0 aliphatic heterocycles. The molecule has 0 saturated heterocycles. The number of carbonyl (C=O) groups is 1. The quantitative estimate of drug-likeness (QED) is 0.754. The Morgan fingerprint density at radius 3 is 2.53 bits per heavy atom. The zero-order chi connectivity index (χ0) is 12.4. The van der Waals surface area contributed by atoms with Gasteiger partial charge in [0.25, 0.3) is 0 Å². The Kier molecular flexibility index (Phi) is 2.74. The number of aromatic carboxylic acids is 1. The van der Waals surface area contributed by atoms with Gasteiger partial charge in [0, 0.05) is 6.20 Å². The average molecular weight is 232 g/mol. The smallest absolute Gasteiger partial charge is 0.340 e. The van der Waals surface area contributed by atoms with Crippen molar-refractivity contribution in [3.63, 3.8) is 0 Å². The third kappa shape index (κ3) is 1.94. The zero-order valence-electron chi connectivity index (χ0n) is 9.23.